The van der Waals surface area contributed by atoms with E-state index in [9.17, 15) is 9.59 Å². The van der Waals surface area contributed by atoms with Gasteiger partial charge < -0.3 is 14.6 Å². The van der Waals surface area contributed by atoms with Gasteiger partial charge in [-0.2, -0.15) is 0 Å². The number of nitrogens with one attached hydrogen (secondary N) is 1. The van der Waals surface area contributed by atoms with Gasteiger partial charge in [0.15, 0.2) is 0 Å². The first-order valence-corrected chi connectivity index (χ1v) is 11.9. The lowest BCUT2D eigenvalue weighted by molar-refractivity contribution is 0.0505. The monoisotopic (exact) mass is 472 g/mol. The Hall–Kier alpha value is -2.64. The van der Waals surface area contributed by atoms with Crippen LogP contribution in [0.4, 0.5) is 5.00 Å². The van der Waals surface area contributed by atoms with Crippen molar-refractivity contribution in [3.63, 3.8) is 0 Å². The van der Waals surface area contributed by atoms with Crippen LogP contribution in [0.15, 0.2) is 28.8 Å². The first-order chi connectivity index (χ1) is 15.4. The van der Waals surface area contributed by atoms with Gasteiger partial charge in [0, 0.05) is 10.4 Å². The predicted molar refractivity (Wildman–Crippen MR) is 126 cm³/mol. The molecule has 6 nitrogen and oxygen atoms in total. The molecule has 1 amide bonds. The van der Waals surface area contributed by atoms with Crippen molar-refractivity contribution < 1.29 is 18.8 Å². The van der Waals surface area contributed by atoms with Gasteiger partial charge in [-0.15, -0.1) is 11.3 Å². The van der Waals surface area contributed by atoms with Gasteiger partial charge >= 0.3 is 5.97 Å². The van der Waals surface area contributed by atoms with Crippen molar-refractivity contribution in [3.8, 4) is 11.3 Å². The Morgan fingerprint density at radius 3 is 2.84 bits per heavy atom. The highest BCUT2D eigenvalue weighted by atomic mass is 35.5. The number of rotatable bonds is 6. The maximum absolute atomic E-state index is 13.4. The molecule has 0 fully saturated rings. The standard InChI is InChI=1S/C24H25ClN2O4S/c1-4-11-30-24(29)20-16-10-9-13(2)12-18(16)32-23(20)26-22(28)19-14(3)31-27-21(19)15-7-5-6-8-17(15)25/h5-8,13H,4,9-12H2,1-3H3,(H,26,28). The highest BCUT2D eigenvalue weighted by molar-refractivity contribution is 7.17. The number of fused-ring (bicyclic) bond motifs is 1. The van der Waals surface area contributed by atoms with Gasteiger partial charge in [-0.3, -0.25) is 4.79 Å². The van der Waals surface area contributed by atoms with E-state index in [1.807, 2.05) is 19.1 Å². The molecule has 0 radical (unpaired) electrons. The quantitative estimate of drug-likeness (QED) is 0.425. The van der Waals surface area contributed by atoms with E-state index in [0.717, 1.165) is 36.1 Å². The average Bonchev–Trinajstić information content (AvgIpc) is 3.31. The van der Waals surface area contributed by atoms with Crippen LogP contribution >= 0.6 is 22.9 Å². The summed E-state index contributed by atoms with van der Waals surface area (Å²) >= 11 is 7.78. The number of carbonyl (C=O) groups excluding carboxylic acids is 2. The molecule has 32 heavy (non-hydrogen) atoms. The number of nitrogens with zero attached hydrogens (tertiary/aromatic N) is 1. The molecular formula is C24H25ClN2O4S. The summed E-state index contributed by atoms with van der Waals surface area (Å²) < 4.78 is 10.8. The Kier molecular flexibility index (Phi) is 6.67. The third-order valence-electron chi connectivity index (χ3n) is 5.60. The van der Waals surface area contributed by atoms with Crippen molar-refractivity contribution in [2.75, 3.05) is 11.9 Å². The van der Waals surface area contributed by atoms with E-state index in [-0.39, 0.29) is 5.97 Å². The average molecular weight is 473 g/mol. The van der Waals surface area contributed by atoms with Crippen LogP contribution in [0.25, 0.3) is 11.3 Å². The summed E-state index contributed by atoms with van der Waals surface area (Å²) in [6, 6.07) is 7.15. The van der Waals surface area contributed by atoms with E-state index in [1.165, 1.54) is 11.3 Å². The van der Waals surface area contributed by atoms with Crippen molar-refractivity contribution >= 4 is 39.8 Å². The molecule has 1 aliphatic rings. The van der Waals surface area contributed by atoms with Crippen molar-refractivity contribution in [3.05, 3.63) is 56.6 Å². The number of aromatic nitrogens is 1. The maximum Gasteiger partial charge on any atom is 0.341 e. The second kappa shape index (κ2) is 9.46. The molecule has 1 aliphatic carbocycles. The molecular weight excluding hydrogens is 448 g/mol. The molecule has 168 valence electrons. The molecule has 1 unspecified atom stereocenters. The smallest absolute Gasteiger partial charge is 0.341 e. The number of benzene rings is 1. The summed E-state index contributed by atoms with van der Waals surface area (Å²) in [6.07, 6.45) is 3.43. The zero-order chi connectivity index (χ0) is 22.8. The minimum absolute atomic E-state index is 0.297. The topological polar surface area (TPSA) is 81.4 Å². The number of halogens is 1. The Bertz CT molecular complexity index is 1170. The molecule has 0 aliphatic heterocycles. The minimum Gasteiger partial charge on any atom is -0.462 e. The molecule has 1 atom stereocenters. The number of carbonyl (C=O) groups is 2. The largest absolute Gasteiger partial charge is 0.462 e. The lowest BCUT2D eigenvalue weighted by Gasteiger charge is -2.18. The fourth-order valence-corrected chi connectivity index (χ4v) is 5.58. The predicted octanol–water partition coefficient (Wildman–Crippen LogP) is 6.31. The molecule has 1 aromatic carbocycles. The third kappa shape index (κ3) is 4.32. The molecule has 4 rings (SSSR count). The summed E-state index contributed by atoms with van der Waals surface area (Å²) in [7, 11) is 0. The number of aryl methyl sites for hydroxylation is 1. The summed E-state index contributed by atoms with van der Waals surface area (Å²) in [5.74, 6) is 0.135. The Labute approximate surface area is 195 Å². The molecule has 3 aromatic rings. The van der Waals surface area contributed by atoms with Gasteiger partial charge in [0.25, 0.3) is 5.91 Å². The summed E-state index contributed by atoms with van der Waals surface area (Å²) in [4.78, 5) is 27.4. The Balaban J connectivity index is 1.71. The Morgan fingerprint density at radius 2 is 2.09 bits per heavy atom. The summed E-state index contributed by atoms with van der Waals surface area (Å²) in [5, 5.41) is 8.01. The lowest BCUT2D eigenvalue weighted by Crippen LogP contribution is -2.17. The van der Waals surface area contributed by atoms with E-state index in [4.69, 9.17) is 20.9 Å². The number of hydrogen-bond acceptors (Lipinski definition) is 6. The van der Waals surface area contributed by atoms with Crippen molar-refractivity contribution in [2.45, 2.75) is 46.5 Å². The summed E-state index contributed by atoms with van der Waals surface area (Å²) in [6.45, 7) is 6.17. The number of esters is 1. The molecule has 2 heterocycles. The molecule has 2 aromatic heterocycles. The summed E-state index contributed by atoms with van der Waals surface area (Å²) in [5.41, 5.74) is 2.75. The van der Waals surface area contributed by atoms with Crippen LogP contribution in [0.3, 0.4) is 0 Å². The van der Waals surface area contributed by atoms with Gasteiger partial charge in [-0.25, -0.2) is 4.79 Å². The Morgan fingerprint density at radius 1 is 1.31 bits per heavy atom. The fraction of sp³-hybridized carbons (Fsp3) is 0.375. The molecule has 0 bridgehead atoms. The van der Waals surface area contributed by atoms with Gasteiger partial charge in [0.05, 0.1) is 17.2 Å². The number of ether oxygens (including phenoxy) is 1. The second-order valence-electron chi connectivity index (χ2n) is 8.09. The fourth-order valence-electron chi connectivity index (χ4n) is 3.96. The first-order valence-electron chi connectivity index (χ1n) is 10.7. The van der Waals surface area contributed by atoms with Crippen LogP contribution < -0.4 is 5.32 Å². The van der Waals surface area contributed by atoms with Gasteiger partial charge in [0.2, 0.25) is 0 Å². The van der Waals surface area contributed by atoms with E-state index in [0.29, 0.717) is 50.7 Å². The number of thiophene rings is 1. The van der Waals surface area contributed by atoms with Crippen LogP contribution in [-0.2, 0) is 17.6 Å². The third-order valence-corrected chi connectivity index (χ3v) is 7.10. The van der Waals surface area contributed by atoms with E-state index in [1.54, 1.807) is 19.1 Å². The minimum atomic E-state index is -0.394. The number of amides is 1. The molecule has 0 saturated carbocycles. The zero-order valence-electron chi connectivity index (χ0n) is 18.3. The van der Waals surface area contributed by atoms with Crippen LogP contribution in [-0.4, -0.2) is 23.6 Å². The molecule has 0 spiro atoms. The van der Waals surface area contributed by atoms with E-state index < -0.39 is 5.91 Å². The van der Waals surface area contributed by atoms with Crippen molar-refractivity contribution in [1.29, 1.82) is 0 Å². The van der Waals surface area contributed by atoms with Crippen LogP contribution in [0.1, 0.15) is 63.6 Å². The van der Waals surface area contributed by atoms with E-state index >= 15 is 0 Å². The van der Waals surface area contributed by atoms with Gasteiger partial charge in [-0.05, 0) is 50.2 Å². The molecule has 0 saturated heterocycles. The SMILES string of the molecule is CCCOC(=O)c1c(NC(=O)c2c(-c3ccccc3Cl)noc2C)sc2c1CCC(C)C2. The second-order valence-corrected chi connectivity index (χ2v) is 9.60. The van der Waals surface area contributed by atoms with Crippen LogP contribution in [0, 0.1) is 12.8 Å². The lowest BCUT2D eigenvalue weighted by atomic mass is 9.88. The van der Waals surface area contributed by atoms with E-state index in [2.05, 4.69) is 17.4 Å². The zero-order valence-corrected chi connectivity index (χ0v) is 19.9. The van der Waals surface area contributed by atoms with Gasteiger partial charge in [0.1, 0.15) is 22.0 Å². The van der Waals surface area contributed by atoms with Crippen molar-refractivity contribution in [1.82, 2.24) is 5.16 Å². The first kappa shape index (κ1) is 22.6. The number of hydrogen-bond donors (Lipinski definition) is 1. The highest BCUT2D eigenvalue weighted by Gasteiger charge is 2.31. The van der Waals surface area contributed by atoms with Crippen molar-refractivity contribution in [2.24, 2.45) is 5.92 Å². The maximum atomic E-state index is 13.4. The highest BCUT2D eigenvalue weighted by Crippen LogP contribution is 2.41. The van der Waals surface area contributed by atoms with Crippen LogP contribution in [0.5, 0.6) is 0 Å². The number of anilines is 1. The van der Waals surface area contributed by atoms with Crippen LogP contribution in [0.2, 0.25) is 5.02 Å². The van der Waals surface area contributed by atoms with Gasteiger partial charge in [-0.1, -0.05) is 48.8 Å². The molecule has 8 heteroatoms. The molecule has 1 N–H and O–H groups in total. The normalized spacial score (nSPS) is 15.3.